The third-order valence-electron chi connectivity index (χ3n) is 3.42. The molecular weight excluding hydrogens is 222 g/mol. The largest absolute Gasteiger partial charge is 0.346 e. The Labute approximate surface area is 109 Å². The molecule has 0 amide bonds. The van der Waals surface area contributed by atoms with Crippen LogP contribution in [0.4, 0.5) is 0 Å². The summed E-state index contributed by atoms with van der Waals surface area (Å²) in [4.78, 5) is 0. The van der Waals surface area contributed by atoms with Gasteiger partial charge in [0.05, 0.1) is 0 Å². The van der Waals surface area contributed by atoms with E-state index >= 15 is 0 Å². The van der Waals surface area contributed by atoms with Crippen molar-refractivity contribution in [3.63, 3.8) is 0 Å². The van der Waals surface area contributed by atoms with Crippen LogP contribution in [-0.4, -0.2) is 17.7 Å². The molecule has 98 valence electrons. The Morgan fingerprint density at radius 1 is 1.11 bits per heavy atom. The van der Waals surface area contributed by atoms with Gasteiger partial charge >= 0.3 is 0 Å². The van der Waals surface area contributed by atoms with Gasteiger partial charge in [0.2, 0.25) is 0 Å². The quantitative estimate of drug-likeness (QED) is 0.847. The predicted octanol–water partition coefficient (Wildman–Crippen LogP) is 2.11. The SMILES string of the molecule is Cc1cc(C)c2c(CCCN)cn(CCN)c2c1. The molecule has 1 aromatic heterocycles. The van der Waals surface area contributed by atoms with Crippen molar-refractivity contribution in [1.82, 2.24) is 4.57 Å². The molecule has 0 aliphatic heterocycles. The molecule has 18 heavy (non-hydrogen) atoms. The van der Waals surface area contributed by atoms with Gasteiger partial charge in [-0.25, -0.2) is 0 Å². The van der Waals surface area contributed by atoms with Crippen LogP contribution < -0.4 is 11.5 Å². The average molecular weight is 245 g/mol. The van der Waals surface area contributed by atoms with Crippen molar-refractivity contribution in [2.75, 3.05) is 13.1 Å². The van der Waals surface area contributed by atoms with Gasteiger partial charge in [-0.2, -0.15) is 0 Å². The lowest BCUT2D eigenvalue weighted by atomic mass is 10.0. The zero-order valence-corrected chi connectivity index (χ0v) is 11.4. The van der Waals surface area contributed by atoms with Crippen molar-refractivity contribution in [3.05, 3.63) is 35.0 Å². The van der Waals surface area contributed by atoms with Crippen molar-refractivity contribution in [2.24, 2.45) is 11.5 Å². The van der Waals surface area contributed by atoms with Crippen molar-refractivity contribution >= 4 is 10.9 Å². The highest BCUT2D eigenvalue weighted by molar-refractivity contribution is 5.88. The van der Waals surface area contributed by atoms with Gasteiger partial charge in [0.1, 0.15) is 0 Å². The van der Waals surface area contributed by atoms with E-state index in [0.717, 1.165) is 25.9 Å². The van der Waals surface area contributed by atoms with Crippen molar-refractivity contribution in [2.45, 2.75) is 33.2 Å². The minimum Gasteiger partial charge on any atom is -0.346 e. The number of aryl methyl sites for hydroxylation is 3. The Morgan fingerprint density at radius 2 is 1.89 bits per heavy atom. The monoisotopic (exact) mass is 245 g/mol. The molecule has 3 heteroatoms. The molecule has 0 atom stereocenters. The molecule has 2 aromatic rings. The first kappa shape index (κ1) is 13.1. The Hall–Kier alpha value is -1.32. The summed E-state index contributed by atoms with van der Waals surface area (Å²) in [6.45, 7) is 6.63. The van der Waals surface area contributed by atoms with E-state index in [1.807, 2.05) is 0 Å². The first-order chi connectivity index (χ1) is 8.67. The maximum atomic E-state index is 5.70. The summed E-state index contributed by atoms with van der Waals surface area (Å²) in [6.07, 6.45) is 4.34. The van der Waals surface area contributed by atoms with E-state index in [1.54, 1.807) is 0 Å². The number of nitrogens with zero attached hydrogens (tertiary/aromatic N) is 1. The average Bonchev–Trinajstić information content (AvgIpc) is 2.65. The van der Waals surface area contributed by atoms with Crippen molar-refractivity contribution in [3.8, 4) is 0 Å². The van der Waals surface area contributed by atoms with Crippen molar-refractivity contribution in [1.29, 1.82) is 0 Å². The molecule has 0 saturated heterocycles. The lowest BCUT2D eigenvalue weighted by molar-refractivity contribution is 0.729. The molecule has 3 nitrogen and oxygen atoms in total. The van der Waals surface area contributed by atoms with Crippen LogP contribution in [0.2, 0.25) is 0 Å². The first-order valence-electron chi connectivity index (χ1n) is 6.66. The van der Waals surface area contributed by atoms with Gasteiger partial charge in [-0.1, -0.05) is 6.07 Å². The van der Waals surface area contributed by atoms with E-state index in [4.69, 9.17) is 11.5 Å². The molecule has 1 heterocycles. The minimum absolute atomic E-state index is 0.674. The smallest absolute Gasteiger partial charge is 0.0488 e. The molecule has 0 fully saturated rings. The van der Waals surface area contributed by atoms with Crippen LogP contribution in [0, 0.1) is 13.8 Å². The molecule has 4 N–H and O–H groups in total. The number of benzene rings is 1. The molecule has 0 bridgehead atoms. The molecule has 2 rings (SSSR count). The Morgan fingerprint density at radius 3 is 2.56 bits per heavy atom. The topological polar surface area (TPSA) is 57.0 Å². The van der Waals surface area contributed by atoms with Gasteiger partial charge in [-0.05, 0) is 56.0 Å². The standard InChI is InChI=1S/C15H23N3/c1-11-8-12(2)15-13(4-3-5-16)10-18(7-6-17)14(15)9-11/h8-10H,3-7,16-17H2,1-2H3. The van der Waals surface area contributed by atoms with Crippen LogP contribution in [0.3, 0.4) is 0 Å². The van der Waals surface area contributed by atoms with E-state index in [-0.39, 0.29) is 0 Å². The zero-order valence-electron chi connectivity index (χ0n) is 11.4. The molecular formula is C15H23N3. The summed E-state index contributed by atoms with van der Waals surface area (Å²) in [5, 5.41) is 1.39. The molecule has 0 saturated carbocycles. The van der Waals surface area contributed by atoms with Crippen LogP contribution in [0.5, 0.6) is 0 Å². The normalized spacial score (nSPS) is 11.3. The molecule has 0 aliphatic carbocycles. The van der Waals surface area contributed by atoms with E-state index in [2.05, 4.69) is 36.7 Å². The number of hydrogen-bond donors (Lipinski definition) is 2. The summed E-state index contributed by atoms with van der Waals surface area (Å²) < 4.78 is 2.28. The number of fused-ring (bicyclic) bond motifs is 1. The Bertz CT molecular complexity index is 540. The third kappa shape index (κ3) is 2.42. The second-order valence-corrected chi connectivity index (χ2v) is 5.00. The predicted molar refractivity (Wildman–Crippen MR) is 77.8 cm³/mol. The van der Waals surface area contributed by atoms with Crippen LogP contribution >= 0.6 is 0 Å². The molecule has 0 unspecified atom stereocenters. The maximum absolute atomic E-state index is 5.70. The fourth-order valence-electron chi connectivity index (χ4n) is 2.72. The lowest BCUT2D eigenvalue weighted by Crippen LogP contribution is -2.08. The fourth-order valence-corrected chi connectivity index (χ4v) is 2.72. The van der Waals surface area contributed by atoms with Gasteiger partial charge < -0.3 is 16.0 Å². The van der Waals surface area contributed by atoms with Gasteiger partial charge in [-0.3, -0.25) is 0 Å². The summed E-state index contributed by atoms with van der Waals surface area (Å²) in [5.74, 6) is 0. The summed E-state index contributed by atoms with van der Waals surface area (Å²) in [7, 11) is 0. The van der Waals surface area contributed by atoms with Gasteiger partial charge in [0, 0.05) is 30.2 Å². The van der Waals surface area contributed by atoms with Gasteiger partial charge in [-0.15, -0.1) is 0 Å². The Balaban J connectivity index is 2.56. The van der Waals surface area contributed by atoms with Gasteiger partial charge in [0.25, 0.3) is 0 Å². The highest BCUT2D eigenvalue weighted by atomic mass is 15.0. The number of nitrogens with two attached hydrogens (primary N) is 2. The second-order valence-electron chi connectivity index (χ2n) is 5.00. The Kier molecular flexibility index (Phi) is 4.04. The summed E-state index contributed by atoms with van der Waals surface area (Å²) in [5.41, 5.74) is 16.7. The fraction of sp³-hybridized carbons (Fsp3) is 0.467. The van der Waals surface area contributed by atoms with E-state index in [0.29, 0.717) is 6.54 Å². The third-order valence-corrected chi connectivity index (χ3v) is 3.42. The van der Waals surface area contributed by atoms with E-state index < -0.39 is 0 Å². The van der Waals surface area contributed by atoms with Crippen LogP contribution in [0.15, 0.2) is 18.3 Å². The first-order valence-corrected chi connectivity index (χ1v) is 6.66. The minimum atomic E-state index is 0.674. The van der Waals surface area contributed by atoms with Crippen LogP contribution in [0.25, 0.3) is 10.9 Å². The number of rotatable bonds is 5. The van der Waals surface area contributed by atoms with Crippen LogP contribution in [0.1, 0.15) is 23.1 Å². The lowest BCUT2D eigenvalue weighted by Gasteiger charge is -2.05. The number of aromatic nitrogens is 1. The number of hydrogen-bond acceptors (Lipinski definition) is 2. The highest BCUT2D eigenvalue weighted by Crippen LogP contribution is 2.27. The highest BCUT2D eigenvalue weighted by Gasteiger charge is 2.10. The molecule has 0 radical (unpaired) electrons. The van der Waals surface area contributed by atoms with E-state index in [9.17, 15) is 0 Å². The second kappa shape index (κ2) is 5.55. The summed E-state index contributed by atoms with van der Waals surface area (Å²) in [6, 6.07) is 4.50. The molecule has 0 aliphatic rings. The van der Waals surface area contributed by atoms with Crippen molar-refractivity contribution < 1.29 is 0 Å². The molecule has 0 spiro atoms. The molecule has 1 aromatic carbocycles. The summed E-state index contributed by atoms with van der Waals surface area (Å²) >= 11 is 0. The van der Waals surface area contributed by atoms with Gasteiger partial charge in [0.15, 0.2) is 0 Å². The zero-order chi connectivity index (χ0) is 13.1. The van der Waals surface area contributed by atoms with Crippen LogP contribution in [-0.2, 0) is 13.0 Å². The maximum Gasteiger partial charge on any atom is 0.0488 e. The van der Waals surface area contributed by atoms with E-state index in [1.165, 1.54) is 27.6 Å².